The second-order valence-electron chi connectivity index (χ2n) is 9.27. The monoisotopic (exact) mass is 501 g/mol. The van der Waals surface area contributed by atoms with E-state index in [9.17, 15) is 4.79 Å². The Balaban J connectivity index is 1.46. The van der Waals surface area contributed by atoms with Crippen molar-refractivity contribution in [3.63, 3.8) is 0 Å². The van der Waals surface area contributed by atoms with Crippen LogP contribution in [0.25, 0.3) is 0 Å². The van der Waals surface area contributed by atoms with Gasteiger partial charge in [-0.2, -0.15) is 0 Å². The molecule has 2 heterocycles. The Labute approximate surface area is 217 Å². The molecule has 37 heavy (non-hydrogen) atoms. The third-order valence-electron chi connectivity index (χ3n) is 6.78. The fourth-order valence-corrected chi connectivity index (χ4v) is 4.78. The van der Waals surface area contributed by atoms with Crippen molar-refractivity contribution in [2.24, 2.45) is 4.99 Å². The molecule has 2 aliphatic rings. The quantitative estimate of drug-likeness (QED) is 0.498. The lowest BCUT2D eigenvalue weighted by atomic mass is 10.1. The zero-order chi connectivity index (χ0) is 26.1. The molecule has 0 unspecified atom stereocenters. The first-order valence-electron chi connectivity index (χ1n) is 12.2. The van der Waals surface area contributed by atoms with Gasteiger partial charge in [-0.3, -0.25) is 4.79 Å². The molecule has 2 aliphatic heterocycles. The first-order valence-corrected chi connectivity index (χ1v) is 12.2. The zero-order valence-corrected chi connectivity index (χ0v) is 21.8. The molecule has 1 amide bonds. The van der Waals surface area contributed by atoms with Crippen LogP contribution in [-0.2, 0) is 0 Å². The van der Waals surface area contributed by atoms with Gasteiger partial charge in [0, 0.05) is 37.3 Å². The molecule has 5 rings (SSSR count). The summed E-state index contributed by atoms with van der Waals surface area (Å²) in [6.07, 6.45) is 0. The standard InChI is InChI=1S/C29H31N3O5/c1-18-6-8-25-27(12-18)37-26-9-7-21(34-3)16-24(26)28(30-25)31-10-11-32(19(2)17-31)29(33)20-13-22(35-4)15-23(14-20)36-5/h6-9,12-16,19H,10-11,17H2,1-5H3/t19-/m1/s1. The lowest BCUT2D eigenvalue weighted by Crippen LogP contribution is -2.55. The molecule has 0 bridgehead atoms. The average molecular weight is 502 g/mol. The Morgan fingerprint density at radius 3 is 2.30 bits per heavy atom. The van der Waals surface area contributed by atoms with Gasteiger partial charge in [0.25, 0.3) is 5.91 Å². The molecular weight excluding hydrogens is 470 g/mol. The van der Waals surface area contributed by atoms with Crippen LogP contribution >= 0.6 is 0 Å². The highest BCUT2D eigenvalue weighted by atomic mass is 16.5. The Hall–Kier alpha value is -4.20. The number of nitrogens with zero attached hydrogens (tertiary/aromatic N) is 3. The van der Waals surface area contributed by atoms with Crippen molar-refractivity contribution in [2.75, 3.05) is 41.0 Å². The molecule has 0 N–H and O–H groups in total. The molecule has 192 valence electrons. The summed E-state index contributed by atoms with van der Waals surface area (Å²) in [5.41, 5.74) is 3.27. The van der Waals surface area contributed by atoms with Gasteiger partial charge in [0.2, 0.25) is 0 Å². The van der Waals surface area contributed by atoms with E-state index >= 15 is 0 Å². The van der Waals surface area contributed by atoms with Crippen LogP contribution in [0.3, 0.4) is 0 Å². The number of ether oxygens (including phenoxy) is 4. The summed E-state index contributed by atoms with van der Waals surface area (Å²) in [6.45, 7) is 5.86. The summed E-state index contributed by atoms with van der Waals surface area (Å²) in [4.78, 5) is 22.7. The van der Waals surface area contributed by atoms with E-state index in [1.807, 2.05) is 48.2 Å². The van der Waals surface area contributed by atoms with Crippen molar-refractivity contribution in [1.82, 2.24) is 9.80 Å². The number of aryl methyl sites for hydroxylation is 1. The van der Waals surface area contributed by atoms with E-state index in [0.717, 1.165) is 39.9 Å². The minimum absolute atomic E-state index is 0.0571. The van der Waals surface area contributed by atoms with E-state index in [2.05, 4.69) is 11.8 Å². The first kappa shape index (κ1) is 24.5. The SMILES string of the molecule is COc1cc(OC)cc(C(=O)N2CCN(C3=Nc4ccc(C)cc4Oc4ccc(OC)cc43)C[C@H]2C)c1. The fourth-order valence-electron chi connectivity index (χ4n) is 4.78. The highest BCUT2D eigenvalue weighted by molar-refractivity contribution is 6.04. The summed E-state index contributed by atoms with van der Waals surface area (Å²) in [5.74, 6) is 4.08. The molecule has 8 heteroatoms. The summed E-state index contributed by atoms with van der Waals surface area (Å²) >= 11 is 0. The van der Waals surface area contributed by atoms with E-state index in [1.165, 1.54) is 0 Å². The Morgan fingerprint density at radius 2 is 1.62 bits per heavy atom. The van der Waals surface area contributed by atoms with Crippen molar-refractivity contribution in [3.8, 4) is 28.7 Å². The molecule has 0 aromatic heterocycles. The molecule has 8 nitrogen and oxygen atoms in total. The van der Waals surface area contributed by atoms with Crippen LogP contribution in [0.15, 0.2) is 59.6 Å². The molecule has 1 atom stereocenters. The maximum Gasteiger partial charge on any atom is 0.254 e. The van der Waals surface area contributed by atoms with Crippen molar-refractivity contribution in [2.45, 2.75) is 19.9 Å². The van der Waals surface area contributed by atoms with Gasteiger partial charge in [-0.15, -0.1) is 0 Å². The first-order chi connectivity index (χ1) is 17.9. The van der Waals surface area contributed by atoms with Gasteiger partial charge in [0.05, 0.1) is 26.9 Å². The number of fused-ring (bicyclic) bond motifs is 2. The molecular formula is C29H31N3O5. The molecule has 0 saturated carbocycles. The number of piperazine rings is 1. The lowest BCUT2D eigenvalue weighted by Gasteiger charge is -2.41. The van der Waals surface area contributed by atoms with Crippen LogP contribution in [0.4, 0.5) is 5.69 Å². The minimum Gasteiger partial charge on any atom is -0.497 e. The largest absolute Gasteiger partial charge is 0.497 e. The lowest BCUT2D eigenvalue weighted by molar-refractivity contribution is 0.0580. The van der Waals surface area contributed by atoms with Gasteiger partial charge in [-0.05, 0) is 61.9 Å². The van der Waals surface area contributed by atoms with Gasteiger partial charge in [-0.25, -0.2) is 4.99 Å². The topological polar surface area (TPSA) is 72.8 Å². The fraction of sp³-hybridized carbons (Fsp3) is 0.310. The number of amidine groups is 1. The third-order valence-corrected chi connectivity index (χ3v) is 6.78. The van der Waals surface area contributed by atoms with Crippen molar-refractivity contribution in [1.29, 1.82) is 0 Å². The molecule has 1 fully saturated rings. The van der Waals surface area contributed by atoms with E-state index < -0.39 is 0 Å². The third kappa shape index (κ3) is 4.79. The van der Waals surface area contributed by atoms with Crippen LogP contribution in [0.5, 0.6) is 28.7 Å². The van der Waals surface area contributed by atoms with Gasteiger partial charge in [0.15, 0.2) is 5.75 Å². The molecule has 3 aromatic rings. The number of rotatable bonds is 4. The zero-order valence-electron chi connectivity index (χ0n) is 21.8. The number of methoxy groups -OCH3 is 3. The van der Waals surface area contributed by atoms with Crippen LogP contribution in [0, 0.1) is 6.92 Å². The maximum absolute atomic E-state index is 13.5. The van der Waals surface area contributed by atoms with Crippen molar-refractivity contribution in [3.05, 3.63) is 71.3 Å². The normalized spacial score (nSPS) is 16.6. The Morgan fingerprint density at radius 1 is 0.892 bits per heavy atom. The predicted octanol–water partition coefficient (Wildman–Crippen LogP) is 5.05. The van der Waals surface area contributed by atoms with Crippen molar-refractivity contribution >= 4 is 17.4 Å². The number of benzene rings is 3. The van der Waals surface area contributed by atoms with Crippen LogP contribution < -0.4 is 18.9 Å². The second-order valence-corrected chi connectivity index (χ2v) is 9.27. The van der Waals surface area contributed by atoms with Crippen LogP contribution in [0.2, 0.25) is 0 Å². The molecule has 1 saturated heterocycles. The number of carbonyl (C=O) groups excluding carboxylic acids is 1. The summed E-state index contributed by atoms with van der Waals surface area (Å²) < 4.78 is 22.5. The summed E-state index contributed by atoms with van der Waals surface area (Å²) in [6, 6.07) is 17.0. The van der Waals surface area contributed by atoms with Gasteiger partial charge < -0.3 is 28.7 Å². The van der Waals surface area contributed by atoms with E-state index in [-0.39, 0.29) is 11.9 Å². The predicted molar refractivity (Wildman–Crippen MR) is 142 cm³/mol. The Kier molecular flexibility index (Phi) is 6.65. The summed E-state index contributed by atoms with van der Waals surface area (Å²) in [7, 11) is 4.80. The average Bonchev–Trinajstić information content (AvgIpc) is 3.08. The number of amides is 1. The number of hydrogen-bond donors (Lipinski definition) is 0. The highest BCUT2D eigenvalue weighted by Gasteiger charge is 2.32. The van der Waals surface area contributed by atoms with E-state index in [1.54, 1.807) is 39.5 Å². The molecule has 0 aliphatic carbocycles. The Bertz CT molecular complexity index is 1350. The van der Waals surface area contributed by atoms with E-state index in [4.69, 9.17) is 23.9 Å². The summed E-state index contributed by atoms with van der Waals surface area (Å²) in [5, 5.41) is 0. The van der Waals surface area contributed by atoms with Crippen molar-refractivity contribution < 1.29 is 23.7 Å². The van der Waals surface area contributed by atoms with Crippen LogP contribution in [-0.4, -0.2) is 68.5 Å². The van der Waals surface area contributed by atoms with E-state index in [0.29, 0.717) is 36.7 Å². The maximum atomic E-state index is 13.5. The second kappa shape index (κ2) is 10.0. The number of aliphatic imine (C=N–C) groups is 1. The minimum atomic E-state index is -0.0585. The van der Waals surface area contributed by atoms with Gasteiger partial charge >= 0.3 is 0 Å². The number of hydrogen-bond acceptors (Lipinski definition) is 7. The molecule has 0 spiro atoms. The van der Waals surface area contributed by atoms with Crippen LogP contribution in [0.1, 0.15) is 28.4 Å². The highest BCUT2D eigenvalue weighted by Crippen LogP contribution is 2.40. The van der Waals surface area contributed by atoms with Gasteiger partial charge in [0.1, 0.15) is 34.5 Å². The molecule has 0 radical (unpaired) electrons. The number of carbonyl (C=O) groups is 1. The molecule has 3 aromatic carbocycles. The van der Waals surface area contributed by atoms with Gasteiger partial charge in [-0.1, -0.05) is 6.07 Å². The smallest absolute Gasteiger partial charge is 0.254 e.